The summed E-state index contributed by atoms with van der Waals surface area (Å²) in [6, 6.07) is 89.0. The van der Waals surface area contributed by atoms with E-state index in [-0.39, 0.29) is 5.41 Å². The third-order valence-corrected chi connectivity index (χ3v) is 13.6. The monoisotopic (exact) mass is 830 g/mol. The highest BCUT2D eigenvalue weighted by Gasteiger charge is 2.36. The zero-order chi connectivity index (χ0) is 43.5. The quantitative estimate of drug-likeness (QED) is 0.148. The van der Waals surface area contributed by atoms with Gasteiger partial charge in [-0.05, 0) is 110 Å². The number of nitrogens with zero attached hydrogens (tertiary/aromatic N) is 2. The first-order valence-corrected chi connectivity index (χ1v) is 22.6. The Bertz CT molecular complexity index is 3490. The standard InChI is InChI=1S/C63H46N2/c1-63(2)57-27-12-9-23-53(57)54-40-39-51(42-58(54)63)64(49-21-15-22-50(41-49)65-59-28-13-10-24-55(59)56-25-11-14-29-60(56)65)61-30-16-26-52(47-35-31-45(32-36-47)43-17-5-3-6-18-43)62(61)48-37-33-46(34-38-48)44-19-7-4-8-20-44/h3-42H,1-2H3. The van der Waals surface area contributed by atoms with Crippen LogP contribution in [0.4, 0.5) is 17.1 Å². The summed E-state index contributed by atoms with van der Waals surface area (Å²) < 4.78 is 2.42. The second-order valence-corrected chi connectivity index (χ2v) is 17.7. The maximum absolute atomic E-state index is 2.50. The lowest BCUT2D eigenvalue weighted by Gasteiger charge is -2.31. The number of para-hydroxylation sites is 2. The molecular weight excluding hydrogens is 785 g/mol. The van der Waals surface area contributed by atoms with Gasteiger partial charge in [-0.25, -0.2) is 0 Å². The van der Waals surface area contributed by atoms with Gasteiger partial charge in [0.15, 0.2) is 0 Å². The molecular formula is C63H46N2. The van der Waals surface area contributed by atoms with Crippen LogP contribution in [0.2, 0.25) is 0 Å². The fourth-order valence-electron chi connectivity index (χ4n) is 10.4. The number of aromatic nitrogens is 1. The van der Waals surface area contributed by atoms with Crippen molar-refractivity contribution in [3.8, 4) is 61.3 Å². The van der Waals surface area contributed by atoms with Gasteiger partial charge in [0, 0.05) is 38.8 Å². The lowest BCUT2D eigenvalue weighted by atomic mass is 9.82. The molecule has 0 bridgehead atoms. The molecule has 1 aromatic heterocycles. The first-order chi connectivity index (χ1) is 32.0. The summed E-state index contributed by atoms with van der Waals surface area (Å²) in [5.74, 6) is 0. The molecule has 10 aromatic carbocycles. The molecule has 2 nitrogen and oxygen atoms in total. The van der Waals surface area contributed by atoms with Gasteiger partial charge in [-0.2, -0.15) is 0 Å². The van der Waals surface area contributed by atoms with Crippen LogP contribution in [0.5, 0.6) is 0 Å². The van der Waals surface area contributed by atoms with Gasteiger partial charge in [0.1, 0.15) is 0 Å². The summed E-state index contributed by atoms with van der Waals surface area (Å²) >= 11 is 0. The van der Waals surface area contributed by atoms with E-state index in [4.69, 9.17) is 0 Å². The molecule has 65 heavy (non-hydrogen) atoms. The Balaban J connectivity index is 1.10. The normalized spacial score (nSPS) is 12.6. The molecule has 1 aliphatic rings. The SMILES string of the molecule is CC1(C)c2ccccc2-c2ccc(N(c3cccc(-n4c5ccccc5c5ccccc54)c3)c3cccc(-c4ccc(-c5ccccc5)cc4)c3-c3ccc(-c4ccccc4)cc3)cc21. The maximum Gasteiger partial charge on any atom is 0.0546 e. The lowest BCUT2D eigenvalue weighted by Crippen LogP contribution is -2.17. The van der Waals surface area contributed by atoms with Crippen molar-refractivity contribution in [1.82, 2.24) is 4.57 Å². The van der Waals surface area contributed by atoms with E-state index < -0.39 is 0 Å². The van der Waals surface area contributed by atoms with E-state index in [1.54, 1.807) is 0 Å². The highest BCUT2D eigenvalue weighted by molar-refractivity contribution is 6.09. The summed E-state index contributed by atoms with van der Waals surface area (Å²) in [5.41, 5.74) is 21.4. The number of rotatable bonds is 8. The van der Waals surface area contributed by atoms with Crippen molar-refractivity contribution < 1.29 is 0 Å². The number of benzene rings is 10. The zero-order valence-electron chi connectivity index (χ0n) is 36.5. The van der Waals surface area contributed by atoms with Crippen LogP contribution in [0.25, 0.3) is 83.1 Å². The van der Waals surface area contributed by atoms with Gasteiger partial charge in [-0.1, -0.05) is 208 Å². The highest BCUT2D eigenvalue weighted by atomic mass is 15.1. The number of anilines is 3. The van der Waals surface area contributed by atoms with E-state index >= 15 is 0 Å². The Hall–Kier alpha value is -8.20. The van der Waals surface area contributed by atoms with Crippen molar-refractivity contribution in [1.29, 1.82) is 0 Å². The van der Waals surface area contributed by atoms with E-state index in [1.165, 1.54) is 77.4 Å². The van der Waals surface area contributed by atoms with Gasteiger partial charge in [0.2, 0.25) is 0 Å². The molecule has 0 saturated heterocycles. The molecule has 0 aliphatic heterocycles. The lowest BCUT2D eigenvalue weighted by molar-refractivity contribution is 0.660. The van der Waals surface area contributed by atoms with E-state index in [2.05, 4.69) is 266 Å². The van der Waals surface area contributed by atoms with Crippen LogP contribution < -0.4 is 4.90 Å². The summed E-state index contributed by atoms with van der Waals surface area (Å²) in [4.78, 5) is 2.50. The van der Waals surface area contributed by atoms with Gasteiger partial charge in [-0.3, -0.25) is 0 Å². The fourth-order valence-corrected chi connectivity index (χ4v) is 10.4. The second kappa shape index (κ2) is 15.6. The molecule has 0 unspecified atom stereocenters. The first-order valence-electron chi connectivity index (χ1n) is 22.6. The van der Waals surface area contributed by atoms with Crippen molar-refractivity contribution >= 4 is 38.9 Å². The van der Waals surface area contributed by atoms with Crippen LogP contribution in [0.1, 0.15) is 25.0 Å². The smallest absolute Gasteiger partial charge is 0.0546 e. The average molecular weight is 831 g/mol. The Labute approximate surface area is 381 Å². The van der Waals surface area contributed by atoms with Crippen LogP contribution in [-0.2, 0) is 5.41 Å². The minimum absolute atomic E-state index is 0.170. The Kier molecular flexibility index (Phi) is 9.21. The molecule has 0 atom stereocenters. The van der Waals surface area contributed by atoms with Crippen molar-refractivity contribution in [2.24, 2.45) is 0 Å². The largest absolute Gasteiger partial charge is 0.310 e. The molecule has 12 rings (SSSR count). The third kappa shape index (κ3) is 6.49. The molecule has 0 amide bonds. The summed E-state index contributed by atoms with van der Waals surface area (Å²) in [6.45, 7) is 4.74. The number of hydrogen-bond donors (Lipinski definition) is 0. The fraction of sp³-hybridized carbons (Fsp3) is 0.0476. The molecule has 0 saturated carbocycles. The van der Waals surface area contributed by atoms with Crippen molar-refractivity contribution in [2.75, 3.05) is 4.90 Å². The van der Waals surface area contributed by atoms with Gasteiger partial charge in [-0.15, -0.1) is 0 Å². The van der Waals surface area contributed by atoms with Gasteiger partial charge in [0.25, 0.3) is 0 Å². The predicted molar refractivity (Wildman–Crippen MR) is 275 cm³/mol. The van der Waals surface area contributed by atoms with Crippen molar-refractivity contribution in [2.45, 2.75) is 19.3 Å². The van der Waals surface area contributed by atoms with Gasteiger partial charge in [0.05, 0.1) is 16.7 Å². The maximum atomic E-state index is 2.50. The first kappa shape index (κ1) is 38.5. The van der Waals surface area contributed by atoms with E-state index in [1.807, 2.05) is 0 Å². The van der Waals surface area contributed by atoms with Crippen LogP contribution in [-0.4, -0.2) is 4.57 Å². The molecule has 0 spiro atoms. The predicted octanol–water partition coefficient (Wildman–Crippen LogP) is 17.2. The average Bonchev–Trinajstić information content (AvgIpc) is 3.83. The Morgan fingerprint density at radius 3 is 1.49 bits per heavy atom. The summed E-state index contributed by atoms with van der Waals surface area (Å²) in [5, 5.41) is 2.50. The molecule has 0 fully saturated rings. The molecule has 2 heteroatoms. The molecule has 11 aromatic rings. The molecule has 0 radical (unpaired) electrons. The Morgan fingerprint density at radius 1 is 0.338 bits per heavy atom. The minimum Gasteiger partial charge on any atom is -0.310 e. The van der Waals surface area contributed by atoms with Crippen LogP contribution in [0.3, 0.4) is 0 Å². The van der Waals surface area contributed by atoms with E-state index in [0.717, 1.165) is 33.9 Å². The zero-order valence-corrected chi connectivity index (χ0v) is 36.5. The molecule has 1 aliphatic carbocycles. The third-order valence-electron chi connectivity index (χ3n) is 13.6. The summed E-state index contributed by atoms with van der Waals surface area (Å²) in [7, 11) is 0. The number of fused-ring (bicyclic) bond motifs is 6. The molecule has 1 heterocycles. The van der Waals surface area contributed by atoms with Crippen molar-refractivity contribution in [3.05, 3.63) is 254 Å². The van der Waals surface area contributed by atoms with E-state index in [0.29, 0.717) is 0 Å². The topological polar surface area (TPSA) is 8.17 Å². The second-order valence-electron chi connectivity index (χ2n) is 17.7. The minimum atomic E-state index is -0.170. The Morgan fingerprint density at radius 2 is 0.831 bits per heavy atom. The molecule has 308 valence electrons. The summed E-state index contributed by atoms with van der Waals surface area (Å²) in [6.07, 6.45) is 0. The molecule has 0 N–H and O–H groups in total. The number of hydrogen-bond acceptors (Lipinski definition) is 1. The van der Waals surface area contributed by atoms with E-state index in [9.17, 15) is 0 Å². The van der Waals surface area contributed by atoms with Crippen molar-refractivity contribution in [3.63, 3.8) is 0 Å². The van der Waals surface area contributed by atoms with Gasteiger partial charge >= 0.3 is 0 Å². The highest BCUT2D eigenvalue weighted by Crippen LogP contribution is 2.52. The van der Waals surface area contributed by atoms with Crippen LogP contribution in [0.15, 0.2) is 243 Å². The van der Waals surface area contributed by atoms with Gasteiger partial charge < -0.3 is 9.47 Å². The van der Waals surface area contributed by atoms with Crippen LogP contribution in [0, 0.1) is 0 Å². The van der Waals surface area contributed by atoms with Crippen LogP contribution >= 0.6 is 0 Å².